The summed E-state index contributed by atoms with van der Waals surface area (Å²) in [6, 6.07) is 5.71. The van der Waals surface area contributed by atoms with E-state index in [1.807, 2.05) is 0 Å². The van der Waals surface area contributed by atoms with Crippen molar-refractivity contribution in [3.63, 3.8) is 0 Å². The number of hydrogen-bond donors (Lipinski definition) is 3. The smallest absolute Gasteiger partial charge is 0.251 e. The molecule has 10 heteroatoms. The lowest BCUT2D eigenvalue weighted by Crippen LogP contribution is -2.55. The van der Waals surface area contributed by atoms with Gasteiger partial charge in [0, 0.05) is 18.0 Å². The fourth-order valence-corrected chi connectivity index (χ4v) is 4.25. The van der Waals surface area contributed by atoms with E-state index in [0.717, 1.165) is 0 Å². The minimum absolute atomic E-state index is 0.202. The minimum atomic E-state index is -1.24. The van der Waals surface area contributed by atoms with Gasteiger partial charge < -0.3 is 21.3 Å². The maximum Gasteiger partial charge on any atom is 0.251 e. The molecule has 0 aromatic heterocycles. The number of Topliss-reactive ketones (excluding diaryl/α,β-unsaturated/α-hetero) is 1. The van der Waals surface area contributed by atoms with Crippen LogP contribution >= 0.6 is 0 Å². The van der Waals surface area contributed by atoms with Crippen molar-refractivity contribution in [2.24, 2.45) is 17.6 Å². The molecule has 5 atom stereocenters. The quantitative estimate of drug-likeness (QED) is 0.437. The lowest BCUT2D eigenvalue weighted by atomic mass is 9.84. The van der Waals surface area contributed by atoms with Crippen molar-refractivity contribution in [3.8, 4) is 0 Å². The molecule has 1 aliphatic heterocycles. The predicted molar refractivity (Wildman–Crippen MR) is 123 cm³/mol. The van der Waals surface area contributed by atoms with Crippen LogP contribution in [0.3, 0.4) is 0 Å². The van der Waals surface area contributed by atoms with Gasteiger partial charge in [-0.2, -0.15) is 0 Å². The fraction of sp³-hybridized carbons (Fsp3) is 0.542. The molecular formula is C24H33FN4O5. The van der Waals surface area contributed by atoms with Crippen molar-refractivity contribution in [1.29, 1.82) is 0 Å². The Morgan fingerprint density at radius 1 is 1.06 bits per heavy atom. The van der Waals surface area contributed by atoms with Gasteiger partial charge in [-0.25, -0.2) is 0 Å². The number of benzene rings is 1. The molecule has 4 N–H and O–H groups in total. The lowest BCUT2D eigenvalue weighted by Gasteiger charge is -2.29. The molecule has 1 heterocycles. The number of nitrogens with two attached hydrogens (primary N) is 1. The van der Waals surface area contributed by atoms with E-state index in [9.17, 15) is 28.4 Å². The highest BCUT2D eigenvalue weighted by atomic mass is 19.1. The van der Waals surface area contributed by atoms with Crippen molar-refractivity contribution in [3.05, 3.63) is 35.9 Å². The van der Waals surface area contributed by atoms with Gasteiger partial charge in [0.2, 0.25) is 17.7 Å². The van der Waals surface area contributed by atoms with E-state index in [1.165, 1.54) is 11.8 Å². The molecule has 1 aromatic rings. The number of rotatable bonds is 11. The second kappa shape index (κ2) is 12.2. The van der Waals surface area contributed by atoms with Gasteiger partial charge in [-0.15, -0.1) is 0 Å². The number of likely N-dealkylation sites (tertiary alicyclic amines) is 1. The number of hydrogen-bond acceptors (Lipinski definition) is 5. The maximum absolute atomic E-state index is 13.6. The first-order valence-corrected chi connectivity index (χ1v) is 11.5. The average molecular weight is 477 g/mol. The second-order valence-corrected chi connectivity index (χ2v) is 8.56. The molecule has 0 bridgehead atoms. The first-order valence-electron chi connectivity index (χ1n) is 11.5. The average Bonchev–Trinajstić information content (AvgIpc) is 3.31. The van der Waals surface area contributed by atoms with E-state index < -0.39 is 66.0 Å². The first-order chi connectivity index (χ1) is 16.1. The summed E-state index contributed by atoms with van der Waals surface area (Å²) in [5.74, 6) is -4.96. The molecule has 2 rings (SSSR count). The Hall–Kier alpha value is -3.30. The number of halogens is 1. The Balaban J connectivity index is 2.02. The van der Waals surface area contributed by atoms with Crippen LogP contribution in [0.5, 0.6) is 0 Å². The molecule has 186 valence electrons. The van der Waals surface area contributed by atoms with Gasteiger partial charge in [0.15, 0.2) is 5.78 Å². The van der Waals surface area contributed by atoms with Gasteiger partial charge in [-0.3, -0.25) is 28.4 Å². The van der Waals surface area contributed by atoms with Crippen LogP contribution in [0, 0.1) is 11.8 Å². The summed E-state index contributed by atoms with van der Waals surface area (Å²) in [4.78, 5) is 63.9. The highest BCUT2D eigenvalue weighted by Gasteiger charge is 2.39. The zero-order valence-corrected chi connectivity index (χ0v) is 19.8. The molecule has 2 unspecified atom stereocenters. The molecule has 1 aromatic carbocycles. The van der Waals surface area contributed by atoms with Crippen LogP contribution < -0.4 is 16.4 Å². The van der Waals surface area contributed by atoms with Crippen molar-refractivity contribution >= 4 is 29.4 Å². The van der Waals surface area contributed by atoms with Gasteiger partial charge in [-0.05, 0) is 45.2 Å². The van der Waals surface area contributed by atoms with E-state index in [0.29, 0.717) is 24.9 Å². The van der Waals surface area contributed by atoms with E-state index in [1.54, 1.807) is 44.2 Å². The summed E-state index contributed by atoms with van der Waals surface area (Å²) >= 11 is 0. The van der Waals surface area contributed by atoms with E-state index in [4.69, 9.17) is 5.73 Å². The van der Waals surface area contributed by atoms with Crippen LogP contribution in [0.1, 0.15) is 50.4 Å². The highest BCUT2D eigenvalue weighted by Crippen LogP contribution is 2.21. The Morgan fingerprint density at radius 2 is 1.71 bits per heavy atom. The van der Waals surface area contributed by atoms with Gasteiger partial charge in [0.1, 0.15) is 12.1 Å². The topological polar surface area (TPSA) is 139 Å². The van der Waals surface area contributed by atoms with Crippen molar-refractivity contribution in [2.45, 2.75) is 58.2 Å². The largest absolute Gasteiger partial charge is 0.369 e. The number of carbonyl (C=O) groups is 5. The summed E-state index contributed by atoms with van der Waals surface area (Å²) in [6.07, 6.45) is 1.18. The fourth-order valence-electron chi connectivity index (χ4n) is 4.25. The number of primary amides is 1. The summed E-state index contributed by atoms with van der Waals surface area (Å²) in [5.41, 5.74) is 5.71. The van der Waals surface area contributed by atoms with Crippen LogP contribution in [-0.4, -0.2) is 65.7 Å². The first kappa shape index (κ1) is 26.9. The third-order valence-electron chi connectivity index (χ3n) is 6.20. The Bertz CT molecular complexity index is 910. The highest BCUT2D eigenvalue weighted by molar-refractivity contribution is 5.99. The van der Waals surface area contributed by atoms with Crippen LogP contribution in [-0.2, 0) is 19.2 Å². The third kappa shape index (κ3) is 6.39. The molecule has 0 aliphatic carbocycles. The van der Waals surface area contributed by atoms with Gasteiger partial charge in [0.05, 0.1) is 18.6 Å². The maximum atomic E-state index is 13.6. The van der Waals surface area contributed by atoms with Crippen LogP contribution in [0.25, 0.3) is 0 Å². The van der Waals surface area contributed by atoms with Crippen LogP contribution in [0.2, 0.25) is 0 Å². The summed E-state index contributed by atoms with van der Waals surface area (Å²) in [7, 11) is 0. The molecule has 0 radical (unpaired) electrons. The third-order valence-corrected chi connectivity index (χ3v) is 6.20. The normalized spacial score (nSPS) is 18.9. The number of nitrogens with zero attached hydrogens (tertiary/aromatic N) is 1. The van der Waals surface area contributed by atoms with Gasteiger partial charge >= 0.3 is 0 Å². The molecule has 4 amide bonds. The molecule has 1 fully saturated rings. The summed E-state index contributed by atoms with van der Waals surface area (Å²) in [5, 5.41) is 5.20. The van der Waals surface area contributed by atoms with Crippen molar-refractivity contribution < 1.29 is 28.4 Å². The number of nitrogens with one attached hydrogen (secondary N) is 2. The van der Waals surface area contributed by atoms with E-state index in [-0.39, 0.29) is 6.42 Å². The van der Waals surface area contributed by atoms with Crippen molar-refractivity contribution in [1.82, 2.24) is 15.5 Å². The Morgan fingerprint density at radius 3 is 2.26 bits per heavy atom. The Kier molecular flexibility index (Phi) is 9.70. The van der Waals surface area contributed by atoms with E-state index in [2.05, 4.69) is 10.6 Å². The lowest BCUT2D eigenvalue weighted by molar-refractivity contribution is -0.141. The predicted octanol–water partition coefficient (Wildman–Crippen LogP) is 0.967. The zero-order chi connectivity index (χ0) is 25.4. The summed E-state index contributed by atoms with van der Waals surface area (Å²) in [6.45, 7) is 3.86. The molecule has 1 aliphatic rings. The molecule has 1 saturated heterocycles. The van der Waals surface area contributed by atoms with E-state index >= 15 is 0 Å². The molecular weight excluding hydrogens is 443 g/mol. The Labute approximate surface area is 198 Å². The van der Waals surface area contributed by atoms with Gasteiger partial charge in [-0.1, -0.05) is 25.1 Å². The molecule has 34 heavy (non-hydrogen) atoms. The molecule has 9 nitrogen and oxygen atoms in total. The SMILES string of the molecule is CCC(C(N)=O)C(CF)C(=O)[C@H](C)NC(=O)[C@@H]1CCCN1C(=O)[C@H](C)NC(=O)c1ccccc1. The number of amides is 4. The molecule has 0 saturated carbocycles. The number of ketones is 1. The number of carbonyl (C=O) groups excluding carboxylic acids is 5. The van der Waals surface area contributed by atoms with Crippen LogP contribution in [0.15, 0.2) is 30.3 Å². The van der Waals surface area contributed by atoms with Gasteiger partial charge in [0.25, 0.3) is 5.91 Å². The molecule has 0 spiro atoms. The zero-order valence-electron chi connectivity index (χ0n) is 19.8. The van der Waals surface area contributed by atoms with Crippen LogP contribution in [0.4, 0.5) is 4.39 Å². The van der Waals surface area contributed by atoms with Crippen molar-refractivity contribution in [2.75, 3.05) is 13.2 Å². The minimum Gasteiger partial charge on any atom is -0.369 e. The standard InChI is InChI=1S/C24H33FN4O5/c1-4-17(21(26)31)18(13-25)20(30)14(2)27-23(33)19-11-8-12-29(19)24(34)15(3)28-22(32)16-9-6-5-7-10-16/h5-7,9-10,14-15,17-19H,4,8,11-13H2,1-3H3,(H2,26,31)(H,27,33)(H,28,32)/t14-,15-,17?,18?,19-/m0/s1. The monoisotopic (exact) mass is 476 g/mol. The second-order valence-electron chi connectivity index (χ2n) is 8.56. The number of alkyl halides is 1. The summed E-state index contributed by atoms with van der Waals surface area (Å²) < 4.78 is 13.6.